The van der Waals surface area contributed by atoms with E-state index < -0.39 is 0 Å². The highest BCUT2D eigenvalue weighted by Crippen LogP contribution is 2.19. The summed E-state index contributed by atoms with van der Waals surface area (Å²) in [6, 6.07) is 7.95. The molecule has 0 unspecified atom stereocenters. The maximum atomic E-state index is 13.2. The van der Waals surface area contributed by atoms with Crippen molar-refractivity contribution in [3.05, 3.63) is 54.1 Å². The minimum absolute atomic E-state index is 0.00934. The largest absolute Gasteiger partial charge is 0.354 e. The molecule has 2 aromatic rings. The van der Waals surface area contributed by atoms with Gasteiger partial charge in [0.2, 0.25) is 0 Å². The van der Waals surface area contributed by atoms with Crippen molar-refractivity contribution in [3.63, 3.8) is 0 Å². The Kier molecular flexibility index (Phi) is 4.32. The summed E-state index contributed by atoms with van der Waals surface area (Å²) >= 11 is 0. The van der Waals surface area contributed by atoms with Gasteiger partial charge in [-0.3, -0.25) is 9.78 Å². The number of halogens is 1. The normalized spacial score (nSPS) is 14.7. The van der Waals surface area contributed by atoms with Crippen molar-refractivity contribution in [2.45, 2.75) is 19.3 Å². The molecule has 3 rings (SSSR count). The molecule has 0 atom stereocenters. The van der Waals surface area contributed by atoms with Crippen LogP contribution in [0.15, 0.2) is 42.7 Å². The molecule has 1 fully saturated rings. The Balaban J connectivity index is 1.75. The monoisotopic (exact) mass is 299 g/mol. The predicted octanol–water partition coefficient (Wildman–Crippen LogP) is 3.59. The van der Waals surface area contributed by atoms with Crippen molar-refractivity contribution < 1.29 is 9.18 Å². The van der Waals surface area contributed by atoms with Gasteiger partial charge in [0.15, 0.2) is 0 Å². The number of amides is 1. The number of anilines is 2. The lowest BCUT2D eigenvalue weighted by Crippen LogP contribution is -2.35. The molecule has 1 aromatic heterocycles. The van der Waals surface area contributed by atoms with E-state index in [0.717, 1.165) is 25.9 Å². The summed E-state index contributed by atoms with van der Waals surface area (Å²) < 4.78 is 13.2. The number of nitrogens with one attached hydrogen (secondary N) is 1. The number of nitrogens with zero attached hydrogens (tertiary/aromatic N) is 2. The Bertz CT molecular complexity index is 668. The minimum atomic E-state index is -0.307. The van der Waals surface area contributed by atoms with Gasteiger partial charge in [-0.1, -0.05) is 6.07 Å². The number of aromatic nitrogens is 1. The van der Waals surface area contributed by atoms with Crippen molar-refractivity contribution in [2.75, 3.05) is 18.4 Å². The second kappa shape index (κ2) is 6.56. The van der Waals surface area contributed by atoms with E-state index in [4.69, 9.17) is 0 Å². The van der Waals surface area contributed by atoms with Gasteiger partial charge in [0, 0.05) is 25.0 Å². The Morgan fingerprint density at radius 3 is 2.68 bits per heavy atom. The van der Waals surface area contributed by atoms with Gasteiger partial charge in [0.25, 0.3) is 5.91 Å². The van der Waals surface area contributed by atoms with Crippen LogP contribution in [0.5, 0.6) is 0 Å². The zero-order valence-corrected chi connectivity index (χ0v) is 12.3. The van der Waals surface area contributed by atoms with Crippen LogP contribution in [0.3, 0.4) is 0 Å². The first-order valence-electron chi connectivity index (χ1n) is 7.49. The SMILES string of the molecule is O=C(c1cncc(Nc2cccc(F)c2)c1)N1CCCCC1. The van der Waals surface area contributed by atoms with Crippen molar-refractivity contribution in [2.24, 2.45) is 0 Å². The Morgan fingerprint density at radius 2 is 1.91 bits per heavy atom. The standard InChI is InChI=1S/C17H18FN3O/c18-14-5-4-6-15(10-14)20-16-9-13(11-19-12-16)17(22)21-7-2-1-3-8-21/h4-6,9-12,20H,1-3,7-8H2. The predicted molar refractivity (Wildman–Crippen MR) is 83.7 cm³/mol. The summed E-state index contributed by atoms with van der Waals surface area (Å²) in [5.41, 5.74) is 1.86. The minimum Gasteiger partial charge on any atom is -0.354 e. The summed E-state index contributed by atoms with van der Waals surface area (Å²) in [7, 11) is 0. The summed E-state index contributed by atoms with van der Waals surface area (Å²) in [6.07, 6.45) is 6.50. The number of hydrogen-bond acceptors (Lipinski definition) is 3. The smallest absolute Gasteiger partial charge is 0.255 e. The van der Waals surface area contributed by atoms with E-state index in [1.165, 1.54) is 18.6 Å². The van der Waals surface area contributed by atoms with Crippen LogP contribution in [0, 0.1) is 5.82 Å². The molecule has 2 heterocycles. The van der Waals surface area contributed by atoms with Gasteiger partial charge in [0.05, 0.1) is 17.4 Å². The fraction of sp³-hybridized carbons (Fsp3) is 0.294. The molecule has 1 N–H and O–H groups in total. The molecular formula is C17H18FN3O. The molecule has 1 aromatic carbocycles. The number of likely N-dealkylation sites (tertiary alicyclic amines) is 1. The van der Waals surface area contributed by atoms with E-state index in [-0.39, 0.29) is 11.7 Å². The van der Waals surface area contributed by atoms with Gasteiger partial charge < -0.3 is 10.2 Å². The van der Waals surface area contributed by atoms with Gasteiger partial charge >= 0.3 is 0 Å². The van der Waals surface area contributed by atoms with E-state index in [1.54, 1.807) is 30.6 Å². The number of carbonyl (C=O) groups excluding carboxylic acids is 1. The van der Waals surface area contributed by atoms with Crippen LogP contribution >= 0.6 is 0 Å². The average molecular weight is 299 g/mol. The van der Waals surface area contributed by atoms with Crippen molar-refractivity contribution >= 4 is 17.3 Å². The highest BCUT2D eigenvalue weighted by Gasteiger charge is 2.18. The van der Waals surface area contributed by atoms with Crippen LogP contribution in [-0.2, 0) is 0 Å². The number of pyridine rings is 1. The fourth-order valence-corrected chi connectivity index (χ4v) is 2.64. The molecule has 0 radical (unpaired) electrons. The highest BCUT2D eigenvalue weighted by molar-refractivity contribution is 5.95. The number of hydrogen-bond donors (Lipinski definition) is 1. The lowest BCUT2D eigenvalue weighted by atomic mass is 10.1. The Hall–Kier alpha value is -2.43. The van der Waals surface area contributed by atoms with Gasteiger partial charge in [-0.05, 0) is 43.5 Å². The van der Waals surface area contributed by atoms with Crippen LogP contribution in [0.25, 0.3) is 0 Å². The van der Waals surface area contributed by atoms with Crippen molar-refractivity contribution in [1.29, 1.82) is 0 Å². The van der Waals surface area contributed by atoms with Gasteiger partial charge in [-0.15, -0.1) is 0 Å². The molecule has 114 valence electrons. The summed E-state index contributed by atoms with van der Waals surface area (Å²) in [5.74, 6) is -0.298. The van der Waals surface area contributed by atoms with Crippen LogP contribution in [-0.4, -0.2) is 28.9 Å². The Labute approximate surface area is 129 Å². The van der Waals surface area contributed by atoms with E-state index in [1.807, 2.05) is 4.90 Å². The second-order valence-electron chi connectivity index (χ2n) is 5.45. The molecule has 0 spiro atoms. The first kappa shape index (κ1) is 14.5. The quantitative estimate of drug-likeness (QED) is 0.942. The van der Waals surface area contributed by atoms with Crippen LogP contribution in [0.2, 0.25) is 0 Å². The highest BCUT2D eigenvalue weighted by atomic mass is 19.1. The lowest BCUT2D eigenvalue weighted by Gasteiger charge is -2.26. The van der Waals surface area contributed by atoms with Gasteiger partial charge in [0.1, 0.15) is 5.82 Å². The zero-order valence-electron chi connectivity index (χ0n) is 12.3. The molecule has 1 aliphatic rings. The maximum absolute atomic E-state index is 13.2. The van der Waals surface area contributed by atoms with Gasteiger partial charge in [-0.25, -0.2) is 4.39 Å². The zero-order chi connectivity index (χ0) is 15.4. The first-order chi connectivity index (χ1) is 10.7. The van der Waals surface area contributed by atoms with Crippen molar-refractivity contribution in [3.8, 4) is 0 Å². The summed E-state index contributed by atoms with van der Waals surface area (Å²) in [6.45, 7) is 1.61. The van der Waals surface area contributed by atoms with Crippen molar-refractivity contribution in [1.82, 2.24) is 9.88 Å². The topological polar surface area (TPSA) is 45.2 Å². The third-order valence-corrected chi connectivity index (χ3v) is 3.74. The summed E-state index contributed by atoms with van der Waals surface area (Å²) in [4.78, 5) is 18.4. The fourth-order valence-electron chi connectivity index (χ4n) is 2.64. The van der Waals surface area contributed by atoms with Crippen LogP contribution < -0.4 is 5.32 Å². The molecule has 4 nitrogen and oxygen atoms in total. The molecular weight excluding hydrogens is 281 g/mol. The molecule has 1 amide bonds. The summed E-state index contributed by atoms with van der Waals surface area (Å²) in [5, 5.41) is 3.07. The molecule has 5 heteroatoms. The van der Waals surface area contributed by atoms with Crippen LogP contribution in [0.4, 0.5) is 15.8 Å². The number of benzene rings is 1. The van der Waals surface area contributed by atoms with Crippen LogP contribution in [0.1, 0.15) is 29.6 Å². The number of piperidine rings is 1. The molecule has 1 saturated heterocycles. The van der Waals surface area contributed by atoms with E-state index >= 15 is 0 Å². The number of rotatable bonds is 3. The van der Waals surface area contributed by atoms with Gasteiger partial charge in [-0.2, -0.15) is 0 Å². The van der Waals surface area contributed by atoms with E-state index in [2.05, 4.69) is 10.3 Å². The maximum Gasteiger partial charge on any atom is 0.255 e. The average Bonchev–Trinajstić information content (AvgIpc) is 2.55. The number of carbonyl (C=O) groups is 1. The lowest BCUT2D eigenvalue weighted by molar-refractivity contribution is 0.0724. The second-order valence-corrected chi connectivity index (χ2v) is 5.45. The third kappa shape index (κ3) is 3.42. The molecule has 0 saturated carbocycles. The molecule has 1 aliphatic heterocycles. The first-order valence-corrected chi connectivity index (χ1v) is 7.49. The molecule has 0 aliphatic carbocycles. The Morgan fingerprint density at radius 1 is 1.09 bits per heavy atom. The van der Waals surface area contributed by atoms with E-state index in [0.29, 0.717) is 16.9 Å². The molecule has 22 heavy (non-hydrogen) atoms. The molecule has 0 bridgehead atoms. The third-order valence-electron chi connectivity index (χ3n) is 3.74. The van der Waals surface area contributed by atoms with E-state index in [9.17, 15) is 9.18 Å².